The first-order chi connectivity index (χ1) is 14.7. The summed E-state index contributed by atoms with van der Waals surface area (Å²) < 4.78 is 5.55. The van der Waals surface area contributed by atoms with Gasteiger partial charge in [-0.3, -0.25) is 4.79 Å². The smallest absolute Gasteiger partial charge is 0.284 e. The predicted octanol–water partition coefficient (Wildman–Crippen LogP) is 3.48. The SMILES string of the molecule is O=C(COn1nnc2ccccc21)N1N=C(c2ccc(Cl)cc2)C[C@H]1c1ccco1. The van der Waals surface area contributed by atoms with E-state index in [-0.39, 0.29) is 18.6 Å². The van der Waals surface area contributed by atoms with Gasteiger partial charge in [-0.2, -0.15) is 5.10 Å². The predicted molar refractivity (Wildman–Crippen MR) is 110 cm³/mol. The molecule has 3 heterocycles. The van der Waals surface area contributed by atoms with Crippen molar-refractivity contribution < 1.29 is 14.0 Å². The highest BCUT2D eigenvalue weighted by Crippen LogP contribution is 2.33. The van der Waals surface area contributed by atoms with Gasteiger partial charge in [0.05, 0.1) is 12.0 Å². The Morgan fingerprint density at radius 3 is 2.77 bits per heavy atom. The van der Waals surface area contributed by atoms with E-state index in [4.69, 9.17) is 20.9 Å². The Labute approximate surface area is 176 Å². The average Bonchev–Trinajstić information content (AvgIpc) is 3.51. The van der Waals surface area contributed by atoms with Gasteiger partial charge < -0.3 is 9.25 Å². The third kappa shape index (κ3) is 3.42. The summed E-state index contributed by atoms with van der Waals surface area (Å²) in [4.78, 5) is 19.8. The normalized spacial score (nSPS) is 16.1. The summed E-state index contributed by atoms with van der Waals surface area (Å²) in [7, 11) is 0. The zero-order chi connectivity index (χ0) is 20.5. The van der Waals surface area contributed by atoms with E-state index in [1.807, 2.05) is 42.5 Å². The number of carbonyl (C=O) groups excluding carboxylic acids is 1. The molecule has 9 heteroatoms. The summed E-state index contributed by atoms with van der Waals surface area (Å²) in [5, 5.41) is 14.6. The molecule has 1 aliphatic heterocycles. The molecule has 5 rings (SSSR count). The molecular weight excluding hydrogens is 406 g/mol. The topological polar surface area (TPSA) is 85.8 Å². The van der Waals surface area contributed by atoms with Crippen LogP contribution in [0.3, 0.4) is 0 Å². The first-order valence-electron chi connectivity index (χ1n) is 9.31. The summed E-state index contributed by atoms with van der Waals surface area (Å²) >= 11 is 5.99. The maximum atomic E-state index is 13.0. The second-order valence-electron chi connectivity index (χ2n) is 6.75. The molecule has 0 unspecified atom stereocenters. The highest BCUT2D eigenvalue weighted by atomic mass is 35.5. The van der Waals surface area contributed by atoms with Gasteiger partial charge in [0.2, 0.25) is 0 Å². The molecule has 0 fully saturated rings. The number of aromatic nitrogens is 3. The van der Waals surface area contributed by atoms with Gasteiger partial charge in [0, 0.05) is 11.4 Å². The number of carbonyl (C=O) groups is 1. The van der Waals surface area contributed by atoms with Crippen LogP contribution >= 0.6 is 11.6 Å². The molecule has 0 spiro atoms. The number of furan rings is 1. The fourth-order valence-electron chi connectivity index (χ4n) is 3.38. The number of halogens is 1. The van der Waals surface area contributed by atoms with Gasteiger partial charge in [-0.15, -0.1) is 5.10 Å². The number of para-hydroxylation sites is 1. The van der Waals surface area contributed by atoms with Gasteiger partial charge in [-0.25, -0.2) is 5.01 Å². The number of benzene rings is 2. The van der Waals surface area contributed by atoms with E-state index in [0.717, 1.165) is 11.3 Å². The van der Waals surface area contributed by atoms with Gasteiger partial charge in [0.15, 0.2) is 6.61 Å². The Balaban J connectivity index is 1.38. The van der Waals surface area contributed by atoms with Crippen molar-refractivity contribution in [3.63, 3.8) is 0 Å². The lowest BCUT2D eigenvalue weighted by Gasteiger charge is -2.19. The molecule has 1 atom stereocenters. The van der Waals surface area contributed by atoms with Gasteiger partial charge in [-0.05, 0) is 47.2 Å². The summed E-state index contributed by atoms with van der Waals surface area (Å²) in [5.41, 5.74) is 3.03. The van der Waals surface area contributed by atoms with Crippen molar-refractivity contribution in [3.05, 3.63) is 83.3 Å². The molecule has 30 heavy (non-hydrogen) atoms. The van der Waals surface area contributed by atoms with Crippen LogP contribution in [0.1, 0.15) is 23.8 Å². The Bertz CT molecular complexity index is 1220. The molecule has 150 valence electrons. The zero-order valence-corrected chi connectivity index (χ0v) is 16.4. The minimum atomic E-state index is -0.353. The minimum absolute atomic E-state index is 0.248. The molecule has 8 nitrogen and oxygen atoms in total. The Morgan fingerprint density at radius 1 is 1.13 bits per heavy atom. The quantitative estimate of drug-likeness (QED) is 0.492. The number of hydrogen-bond acceptors (Lipinski definition) is 6. The molecule has 0 bridgehead atoms. The lowest BCUT2D eigenvalue weighted by molar-refractivity contribution is -0.139. The van der Waals surface area contributed by atoms with Crippen molar-refractivity contribution in [1.29, 1.82) is 0 Å². The van der Waals surface area contributed by atoms with Crippen LogP contribution in [0.4, 0.5) is 0 Å². The van der Waals surface area contributed by atoms with E-state index >= 15 is 0 Å². The van der Waals surface area contributed by atoms with Gasteiger partial charge >= 0.3 is 0 Å². The Kier molecular flexibility index (Phi) is 4.68. The first kappa shape index (κ1) is 18.4. The van der Waals surface area contributed by atoms with Gasteiger partial charge in [-0.1, -0.05) is 40.7 Å². The third-order valence-electron chi connectivity index (χ3n) is 4.85. The van der Waals surface area contributed by atoms with Crippen molar-refractivity contribution in [3.8, 4) is 0 Å². The van der Waals surface area contributed by atoms with Crippen LogP contribution in [0, 0.1) is 0 Å². The summed E-state index contributed by atoms with van der Waals surface area (Å²) in [6.07, 6.45) is 2.10. The van der Waals surface area contributed by atoms with E-state index in [9.17, 15) is 4.79 Å². The summed E-state index contributed by atoms with van der Waals surface area (Å²) in [5.74, 6) is 0.335. The maximum Gasteiger partial charge on any atom is 0.284 e. The second kappa shape index (κ2) is 7.64. The maximum absolute atomic E-state index is 13.0. The van der Waals surface area contributed by atoms with Gasteiger partial charge in [0.25, 0.3) is 5.91 Å². The fourth-order valence-corrected chi connectivity index (χ4v) is 3.51. The molecule has 4 aromatic rings. The minimum Gasteiger partial charge on any atom is -0.467 e. The standard InChI is InChI=1S/C21H16ClN5O3/c22-15-9-7-14(8-10-15)17-12-19(20-6-3-11-29-20)26(24-17)21(28)13-30-27-18-5-2-1-4-16(18)23-25-27/h1-11,19H,12-13H2/t19-/m0/s1. The number of fused-ring (bicyclic) bond motifs is 1. The summed E-state index contributed by atoms with van der Waals surface area (Å²) in [6, 6.07) is 18.0. The molecule has 0 saturated heterocycles. The lowest BCUT2D eigenvalue weighted by atomic mass is 10.0. The van der Waals surface area contributed by atoms with Crippen LogP contribution in [-0.2, 0) is 4.79 Å². The van der Waals surface area contributed by atoms with E-state index in [1.165, 1.54) is 9.85 Å². The molecule has 0 saturated carbocycles. The number of nitrogens with zero attached hydrogens (tertiary/aromatic N) is 5. The van der Waals surface area contributed by atoms with E-state index in [0.29, 0.717) is 28.2 Å². The van der Waals surface area contributed by atoms with Crippen LogP contribution in [0.15, 0.2) is 76.4 Å². The van der Waals surface area contributed by atoms with Crippen molar-refractivity contribution in [2.45, 2.75) is 12.5 Å². The van der Waals surface area contributed by atoms with Crippen molar-refractivity contribution in [1.82, 2.24) is 20.2 Å². The molecule has 0 aliphatic carbocycles. The monoisotopic (exact) mass is 421 g/mol. The number of hydrazone groups is 1. The molecule has 0 radical (unpaired) electrons. The largest absolute Gasteiger partial charge is 0.467 e. The van der Waals surface area contributed by atoms with Crippen molar-refractivity contribution in [2.24, 2.45) is 5.10 Å². The number of amides is 1. The van der Waals surface area contributed by atoms with Crippen LogP contribution in [0.5, 0.6) is 0 Å². The van der Waals surface area contributed by atoms with E-state index in [1.54, 1.807) is 24.5 Å². The highest BCUT2D eigenvalue weighted by molar-refractivity contribution is 6.30. The van der Waals surface area contributed by atoms with Crippen LogP contribution in [0.2, 0.25) is 5.02 Å². The molecule has 1 aliphatic rings. The highest BCUT2D eigenvalue weighted by Gasteiger charge is 2.35. The first-order valence-corrected chi connectivity index (χ1v) is 9.69. The number of rotatable bonds is 5. The molecule has 1 amide bonds. The number of hydrogen-bond donors (Lipinski definition) is 0. The van der Waals surface area contributed by atoms with Crippen molar-refractivity contribution in [2.75, 3.05) is 6.61 Å². The van der Waals surface area contributed by atoms with Crippen LogP contribution in [-0.4, -0.2) is 38.4 Å². The summed E-state index contributed by atoms with van der Waals surface area (Å²) in [6.45, 7) is -0.248. The van der Waals surface area contributed by atoms with Crippen LogP contribution < -0.4 is 4.84 Å². The zero-order valence-electron chi connectivity index (χ0n) is 15.7. The third-order valence-corrected chi connectivity index (χ3v) is 5.10. The Morgan fingerprint density at radius 2 is 1.97 bits per heavy atom. The molecular formula is C21H16ClN5O3. The molecule has 0 N–H and O–H groups in total. The van der Waals surface area contributed by atoms with E-state index in [2.05, 4.69) is 15.4 Å². The lowest BCUT2D eigenvalue weighted by Crippen LogP contribution is -2.33. The van der Waals surface area contributed by atoms with Crippen molar-refractivity contribution >= 4 is 34.3 Å². The van der Waals surface area contributed by atoms with E-state index < -0.39 is 0 Å². The average molecular weight is 422 g/mol. The second-order valence-corrected chi connectivity index (χ2v) is 7.19. The fraction of sp³-hybridized carbons (Fsp3) is 0.143. The van der Waals surface area contributed by atoms with Crippen LogP contribution in [0.25, 0.3) is 11.0 Å². The molecule has 2 aromatic heterocycles. The van der Waals surface area contributed by atoms with Gasteiger partial charge in [0.1, 0.15) is 22.8 Å². The Hall–Kier alpha value is -3.65. The molecule has 2 aromatic carbocycles.